The molecule has 1 aliphatic rings. The Labute approximate surface area is 98.4 Å². The number of anilines is 1. The smallest absolute Gasteiger partial charge is 0.219 e. The van der Waals surface area contributed by atoms with Crippen molar-refractivity contribution in [2.45, 2.75) is 31.9 Å². The van der Waals surface area contributed by atoms with Crippen LogP contribution in [0.2, 0.25) is 0 Å². The average Bonchev–Trinajstić information content (AvgIpc) is 2.64. The SMILES string of the molecule is CC1(O)CCCN(Cc2nnc(NN)s2)C1. The third-order valence-electron chi connectivity index (χ3n) is 2.70. The van der Waals surface area contributed by atoms with E-state index in [1.165, 1.54) is 11.3 Å². The number of hydrazine groups is 1. The van der Waals surface area contributed by atoms with E-state index >= 15 is 0 Å². The Kier molecular flexibility index (Phi) is 3.38. The van der Waals surface area contributed by atoms with Gasteiger partial charge in [0.2, 0.25) is 5.13 Å². The van der Waals surface area contributed by atoms with E-state index in [2.05, 4.69) is 20.5 Å². The molecule has 0 aromatic carbocycles. The van der Waals surface area contributed by atoms with Crippen LogP contribution in [0.1, 0.15) is 24.8 Å². The van der Waals surface area contributed by atoms with E-state index < -0.39 is 5.60 Å². The fourth-order valence-corrected chi connectivity index (χ4v) is 2.72. The van der Waals surface area contributed by atoms with E-state index in [4.69, 9.17) is 5.84 Å². The Morgan fingerprint density at radius 3 is 3.06 bits per heavy atom. The highest BCUT2D eigenvalue weighted by molar-refractivity contribution is 7.15. The summed E-state index contributed by atoms with van der Waals surface area (Å²) in [7, 11) is 0. The second-order valence-electron chi connectivity index (χ2n) is 4.46. The van der Waals surface area contributed by atoms with E-state index in [1.807, 2.05) is 6.92 Å². The molecule has 0 bridgehead atoms. The number of aliphatic hydroxyl groups is 1. The van der Waals surface area contributed by atoms with Crippen LogP contribution < -0.4 is 11.3 Å². The first-order valence-electron chi connectivity index (χ1n) is 5.33. The van der Waals surface area contributed by atoms with Crippen LogP contribution in [0.25, 0.3) is 0 Å². The molecule has 0 amide bonds. The Balaban J connectivity index is 1.94. The number of hydrogen-bond acceptors (Lipinski definition) is 7. The minimum atomic E-state index is -0.572. The molecule has 1 aromatic rings. The predicted molar refractivity (Wildman–Crippen MR) is 62.9 cm³/mol. The van der Waals surface area contributed by atoms with Crippen LogP contribution in [-0.4, -0.2) is 38.9 Å². The van der Waals surface area contributed by atoms with Crippen LogP contribution >= 0.6 is 11.3 Å². The number of rotatable bonds is 3. The lowest BCUT2D eigenvalue weighted by Gasteiger charge is -2.36. The second kappa shape index (κ2) is 4.62. The minimum absolute atomic E-state index is 0.572. The zero-order valence-corrected chi connectivity index (χ0v) is 10.1. The molecule has 2 heterocycles. The highest BCUT2D eigenvalue weighted by atomic mass is 32.1. The molecule has 1 unspecified atom stereocenters. The van der Waals surface area contributed by atoms with Crippen molar-refractivity contribution in [3.05, 3.63) is 5.01 Å². The molecule has 2 rings (SSSR count). The van der Waals surface area contributed by atoms with Gasteiger partial charge in [-0.2, -0.15) is 0 Å². The van der Waals surface area contributed by atoms with E-state index in [-0.39, 0.29) is 0 Å². The van der Waals surface area contributed by atoms with Gasteiger partial charge in [-0.1, -0.05) is 11.3 Å². The van der Waals surface area contributed by atoms with Crippen molar-refractivity contribution in [3.8, 4) is 0 Å². The number of hydrogen-bond donors (Lipinski definition) is 3. The Hall–Kier alpha value is -0.760. The summed E-state index contributed by atoms with van der Waals surface area (Å²) >= 11 is 1.45. The monoisotopic (exact) mass is 243 g/mol. The maximum Gasteiger partial charge on any atom is 0.219 e. The van der Waals surface area contributed by atoms with E-state index in [9.17, 15) is 5.11 Å². The number of likely N-dealkylation sites (tertiary alicyclic amines) is 1. The molecule has 7 heteroatoms. The fourth-order valence-electron chi connectivity index (χ4n) is 2.03. The van der Waals surface area contributed by atoms with E-state index in [1.54, 1.807) is 0 Å². The van der Waals surface area contributed by atoms with Crippen LogP contribution in [0.3, 0.4) is 0 Å². The van der Waals surface area contributed by atoms with Crippen LogP contribution in [0.4, 0.5) is 5.13 Å². The van der Waals surface area contributed by atoms with Crippen molar-refractivity contribution >= 4 is 16.5 Å². The molecule has 90 valence electrons. The van der Waals surface area contributed by atoms with Gasteiger partial charge in [-0.3, -0.25) is 10.3 Å². The molecule has 1 aliphatic heterocycles. The third kappa shape index (κ3) is 2.88. The molecule has 0 spiro atoms. The third-order valence-corrected chi connectivity index (χ3v) is 3.54. The van der Waals surface area contributed by atoms with Crippen LogP contribution in [0.15, 0.2) is 0 Å². The number of β-amino-alcohol motifs (C(OH)–C–C–N with tert-alkyl or cyclic N) is 1. The lowest BCUT2D eigenvalue weighted by Crippen LogP contribution is -2.45. The van der Waals surface area contributed by atoms with Crippen LogP contribution in [0, 0.1) is 0 Å². The first kappa shape index (κ1) is 11.7. The minimum Gasteiger partial charge on any atom is -0.389 e. The molecular formula is C9H17N5OS. The van der Waals surface area contributed by atoms with E-state index in [0.717, 1.165) is 30.9 Å². The summed E-state index contributed by atoms with van der Waals surface area (Å²) in [6, 6.07) is 0. The maximum atomic E-state index is 9.97. The first-order chi connectivity index (χ1) is 7.59. The zero-order chi connectivity index (χ0) is 11.6. The number of aromatic nitrogens is 2. The summed E-state index contributed by atoms with van der Waals surface area (Å²) in [5, 5.41) is 19.4. The van der Waals surface area contributed by atoms with Crippen LogP contribution in [0.5, 0.6) is 0 Å². The van der Waals surface area contributed by atoms with Gasteiger partial charge < -0.3 is 5.11 Å². The molecule has 0 radical (unpaired) electrons. The summed E-state index contributed by atoms with van der Waals surface area (Å²) in [4.78, 5) is 2.20. The summed E-state index contributed by atoms with van der Waals surface area (Å²) in [6.45, 7) is 4.31. The number of nitrogens with zero attached hydrogens (tertiary/aromatic N) is 3. The standard InChI is InChI=1S/C9H17N5OS/c1-9(15)3-2-4-14(6-9)5-7-12-13-8(11-10)16-7/h15H,2-6,10H2,1H3,(H,11,13). The molecule has 1 aromatic heterocycles. The molecule has 0 aliphatic carbocycles. The van der Waals surface area contributed by atoms with Crippen molar-refractivity contribution in [2.75, 3.05) is 18.5 Å². The summed E-state index contributed by atoms with van der Waals surface area (Å²) in [5.41, 5.74) is 1.91. The number of nitrogens with one attached hydrogen (secondary N) is 1. The molecule has 4 N–H and O–H groups in total. The normalized spacial score (nSPS) is 26.9. The average molecular weight is 243 g/mol. The molecule has 1 saturated heterocycles. The zero-order valence-electron chi connectivity index (χ0n) is 9.31. The molecule has 6 nitrogen and oxygen atoms in total. The quantitative estimate of drug-likeness (QED) is 0.518. The predicted octanol–water partition coefficient (Wildman–Crippen LogP) is 0.170. The molecule has 1 atom stereocenters. The summed E-state index contributed by atoms with van der Waals surface area (Å²) in [6.07, 6.45) is 1.89. The highest BCUT2D eigenvalue weighted by Crippen LogP contribution is 2.23. The van der Waals surface area contributed by atoms with Gasteiger partial charge in [0.25, 0.3) is 0 Å². The van der Waals surface area contributed by atoms with Crippen molar-refractivity contribution < 1.29 is 5.11 Å². The summed E-state index contributed by atoms with van der Waals surface area (Å²) in [5.74, 6) is 5.24. The highest BCUT2D eigenvalue weighted by Gasteiger charge is 2.28. The number of nitrogens with two attached hydrogens (primary N) is 1. The molecule has 0 saturated carbocycles. The molecule has 1 fully saturated rings. The van der Waals surface area contributed by atoms with Gasteiger partial charge in [0.1, 0.15) is 5.01 Å². The maximum absolute atomic E-state index is 9.97. The Morgan fingerprint density at radius 1 is 1.62 bits per heavy atom. The van der Waals surface area contributed by atoms with Gasteiger partial charge in [-0.15, -0.1) is 10.2 Å². The van der Waals surface area contributed by atoms with Gasteiger partial charge in [0, 0.05) is 6.54 Å². The van der Waals surface area contributed by atoms with E-state index in [0.29, 0.717) is 11.7 Å². The topological polar surface area (TPSA) is 87.3 Å². The lowest BCUT2D eigenvalue weighted by molar-refractivity contribution is -0.0182. The molecule has 16 heavy (non-hydrogen) atoms. The van der Waals surface area contributed by atoms with Crippen molar-refractivity contribution in [1.29, 1.82) is 0 Å². The van der Waals surface area contributed by atoms with Gasteiger partial charge in [0.05, 0.1) is 12.1 Å². The molecular weight excluding hydrogens is 226 g/mol. The number of nitrogen functional groups attached to an aromatic ring is 1. The van der Waals surface area contributed by atoms with Gasteiger partial charge >= 0.3 is 0 Å². The van der Waals surface area contributed by atoms with Crippen LogP contribution in [-0.2, 0) is 6.54 Å². The Morgan fingerprint density at radius 2 is 2.44 bits per heavy atom. The largest absolute Gasteiger partial charge is 0.389 e. The van der Waals surface area contributed by atoms with Gasteiger partial charge in [-0.25, -0.2) is 5.84 Å². The van der Waals surface area contributed by atoms with Crippen molar-refractivity contribution in [1.82, 2.24) is 15.1 Å². The summed E-state index contributed by atoms with van der Waals surface area (Å²) < 4.78 is 0. The van der Waals surface area contributed by atoms with Gasteiger partial charge in [-0.05, 0) is 26.3 Å². The van der Waals surface area contributed by atoms with Crippen molar-refractivity contribution in [3.63, 3.8) is 0 Å². The Bertz CT molecular complexity index is 353. The first-order valence-corrected chi connectivity index (χ1v) is 6.14. The second-order valence-corrected chi connectivity index (χ2v) is 5.52. The fraction of sp³-hybridized carbons (Fsp3) is 0.778. The van der Waals surface area contributed by atoms with Gasteiger partial charge in [0.15, 0.2) is 0 Å². The van der Waals surface area contributed by atoms with Crippen molar-refractivity contribution in [2.24, 2.45) is 5.84 Å². The lowest BCUT2D eigenvalue weighted by atomic mass is 9.95. The number of piperidine rings is 1.